The first-order chi connectivity index (χ1) is 11.5. The number of carbonyl (C=O) groups excluding carboxylic acids is 2. The fourth-order valence-corrected chi connectivity index (χ4v) is 3.31. The number of para-hydroxylation sites is 1. The van der Waals surface area contributed by atoms with Gasteiger partial charge in [0.2, 0.25) is 0 Å². The second-order valence-corrected chi connectivity index (χ2v) is 6.69. The molecule has 6 nitrogen and oxygen atoms in total. The lowest BCUT2D eigenvalue weighted by molar-refractivity contribution is -0.123. The predicted octanol–water partition coefficient (Wildman–Crippen LogP) is 2.28. The van der Waals surface area contributed by atoms with Crippen molar-refractivity contribution in [3.8, 4) is 5.75 Å². The van der Waals surface area contributed by atoms with E-state index in [0.717, 1.165) is 22.5 Å². The highest BCUT2D eigenvalue weighted by atomic mass is 32.2. The zero-order chi connectivity index (χ0) is 17.3. The predicted molar refractivity (Wildman–Crippen MR) is 96.0 cm³/mol. The van der Waals surface area contributed by atoms with Crippen molar-refractivity contribution < 1.29 is 14.7 Å². The molecular weight excluding hydrogens is 346 g/mol. The van der Waals surface area contributed by atoms with Gasteiger partial charge in [0, 0.05) is 18.9 Å². The van der Waals surface area contributed by atoms with Crippen LogP contribution in [0.1, 0.15) is 16.1 Å². The van der Waals surface area contributed by atoms with Crippen LogP contribution in [-0.4, -0.2) is 30.8 Å². The Balaban J connectivity index is 1.80. The Morgan fingerprint density at radius 3 is 2.71 bits per heavy atom. The molecule has 1 fully saturated rings. The number of phenolic OH excluding ortho intramolecular Hbond substituents is 1. The molecule has 0 unspecified atom stereocenters. The van der Waals surface area contributed by atoms with E-state index >= 15 is 0 Å². The average Bonchev–Trinajstić information content (AvgIpc) is 3.06. The molecule has 122 valence electrons. The zero-order valence-electron chi connectivity index (χ0n) is 12.6. The van der Waals surface area contributed by atoms with E-state index in [0.29, 0.717) is 4.91 Å². The van der Waals surface area contributed by atoms with Crippen LogP contribution in [0.3, 0.4) is 0 Å². The Kier molecular flexibility index (Phi) is 4.41. The van der Waals surface area contributed by atoms with Crippen molar-refractivity contribution in [3.63, 3.8) is 0 Å². The summed E-state index contributed by atoms with van der Waals surface area (Å²) in [6.45, 7) is 0. The molecule has 1 aliphatic rings. The summed E-state index contributed by atoms with van der Waals surface area (Å²) in [5.74, 6) is -1.18. The molecule has 0 radical (unpaired) electrons. The number of hydrogen-bond acceptors (Lipinski definition) is 5. The monoisotopic (exact) mass is 359 g/mol. The third-order valence-electron chi connectivity index (χ3n) is 3.42. The van der Waals surface area contributed by atoms with Crippen molar-refractivity contribution in [1.82, 2.24) is 15.0 Å². The average molecular weight is 359 g/mol. The number of thioether (sulfide) groups is 1. The summed E-state index contributed by atoms with van der Waals surface area (Å²) in [7, 11) is 1.87. The molecule has 2 heterocycles. The molecule has 8 heteroatoms. The Hall–Kier alpha value is -2.58. The van der Waals surface area contributed by atoms with Crippen molar-refractivity contribution in [3.05, 3.63) is 58.8 Å². The van der Waals surface area contributed by atoms with Gasteiger partial charge < -0.3 is 9.67 Å². The molecule has 0 aliphatic carbocycles. The summed E-state index contributed by atoms with van der Waals surface area (Å²) >= 11 is 6.28. The van der Waals surface area contributed by atoms with E-state index in [4.69, 9.17) is 12.2 Å². The van der Waals surface area contributed by atoms with Crippen LogP contribution in [0.4, 0.5) is 0 Å². The third-order valence-corrected chi connectivity index (χ3v) is 4.72. The first-order valence-electron chi connectivity index (χ1n) is 6.95. The molecule has 0 saturated carbocycles. The maximum atomic E-state index is 12.5. The van der Waals surface area contributed by atoms with Crippen LogP contribution in [0, 0.1) is 0 Å². The minimum atomic E-state index is -0.607. The van der Waals surface area contributed by atoms with Gasteiger partial charge in [0.15, 0.2) is 4.32 Å². The smallest absolute Gasteiger partial charge is 0.285 e. The number of benzene rings is 1. The fraction of sp³-hybridized carbons (Fsp3) is 0.0625. The number of nitrogens with one attached hydrogen (secondary N) is 1. The molecule has 2 amide bonds. The van der Waals surface area contributed by atoms with E-state index in [1.54, 1.807) is 18.2 Å². The summed E-state index contributed by atoms with van der Waals surface area (Å²) in [6, 6.07) is 9.82. The summed E-state index contributed by atoms with van der Waals surface area (Å²) < 4.78 is 2.09. The van der Waals surface area contributed by atoms with Crippen LogP contribution in [0.25, 0.3) is 6.08 Å². The minimum Gasteiger partial charge on any atom is -0.507 e. The Bertz CT molecular complexity index is 873. The lowest BCUT2D eigenvalue weighted by Crippen LogP contribution is -2.44. The lowest BCUT2D eigenvalue weighted by Gasteiger charge is -2.16. The van der Waals surface area contributed by atoms with Gasteiger partial charge in [-0.2, -0.15) is 5.01 Å². The molecule has 1 aliphatic heterocycles. The molecule has 1 saturated heterocycles. The number of aromatic hydroxyl groups is 1. The van der Waals surface area contributed by atoms with Crippen molar-refractivity contribution in [2.45, 2.75) is 0 Å². The number of hydrogen-bond donors (Lipinski definition) is 2. The van der Waals surface area contributed by atoms with Gasteiger partial charge in [-0.05, 0) is 42.6 Å². The van der Waals surface area contributed by atoms with Gasteiger partial charge in [-0.1, -0.05) is 23.9 Å². The molecular formula is C16H13N3O3S2. The molecule has 2 aromatic rings. The second kappa shape index (κ2) is 6.50. The Morgan fingerprint density at radius 2 is 2.04 bits per heavy atom. The second-order valence-electron chi connectivity index (χ2n) is 5.02. The molecule has 0 atom stereocenters. The number of phenols is 1. The molecule has 1 aromatic heterocycles. The third kappa shape index (κ3) is 3.06. The van der Waals surface area contributed by atoms with Crippen LogP contribution < -0.4 is 5.43 Å². The number of rotatable bonds is 3. The van der Waals surface area contributed by atoms with Gasteiger partial charge in [-0.25, -0.2) is 0 Å². The normalized spacial score (nSPS) is 16.0. The van der Waals surface area contributed by atoms with Gasteiger partial charge in [0.25, 0.3) is 11.8 Å². The number of carbonyl (C=O) groups is 2. The van der Waals surface area contributed by atoms with Crippen LogP contribution in [0.5, 0.6) is 5.75 Å². The Morgan fingerprint density at radius 1 is 1.29 bits per heavy atom. The number of hydrazine groups is 1. The highest BCUT2D eigenvalue weighted by molar-refractivity contribution is 8.26. The van der Waals surface area contributed by atoms with E-state index in [1.807, 2.05) is 29.9 Å². The highest BCUT2D eigenvalue weighted by Crippen LogP contribution is 2.31. The van der Waals surface area contributed by atoms with Gasteiger partial charge in [-0.3, -0.25) is 15.0 Å². The molecule has 2 N–H and O–H groups in total. The first kappa shape index (κ1) is 16.3. The van der Waals surface area contributed by atoms with E-state index in [9.17, 15) is 14.7 Å². The maximum Gasteiger partial charge on any atom is 0.285 e. The van der Waals surface area contributed by atoms with Crippen LogP contribution in [0.15, 0.2) is 47.5 Å². The molecule has 3 rings (SSSR count). The molecule has 24 heavy (non-hydrogen) atoms. The van der Waals surface area contributed by atoms with Crippen molar-refractivity contribution in [2.75, 3.05) is 0 Å². The van der Waals surface area contributed by atoms with Gasteiger partial charge in [0.05, 0.1) is 10.5 Å². The van der Waals surface area contributed by atoms with E-state index in [-0.39, 0.29) is 15.6 Å². The minimum absolute atomic E-state index is 0.0676. The number of aromatic nitrogens is 1. The zero-order valence-corrected chi connectivity index (χ0v) is 14.2. The van der Waals surface area contributed by atoms with Crippen molar-refractivity contribution in [1.29, 1.82) is 0 Å². The highest BCUT2D eigenvalue weighted by Gasteiger charge is 2.34. The van der Waals surface area contributed by atoms with Crippen molar-refractivity contribution >= 4 is 46.2 Å². The molecule has 1 aromatic carbocycles. The number of nitrogens with zero attached hydrogens (tertiary/aromatic N) is 2. The lowest BCUT2D eigenvalue weighted by atomic mass is 10.2. The molecule has 0 spiro atoms. The molecule has 0 bridgehead atoms. The van der Waals surface area contributed by atoms with Crippen LogP contribution in [0.2, 0.25) is 0 Å². The summed E-state index contributed by atoms with van der Waals surface area (Å²) in [6.07, 6.45) is 3.58. The van der Waals surface area contributed by atoms with Crippen LogP contribution in [-0.2, 0) is 11.8 Å². The number of amides is 2. The van der Waals surface area contributed by atoms with Crippen LogP contribution >= 0.6 is 24.0 Å². The fourth-order valence-electron chi connectivity index (χ4n) is 2.15. The quantitative estimate of drug-likeness (QED) is 0.650. The Labute approximate surface area is 147 Å². The summed E-state index contributed by atoms with van der Waals surface area (Å²) in [4.78, 5) is 25.1. The topological polar surface area (TPSA) is 74.6 Å². The number of aryl methyl sites for hydroxylation is 1. The maximum absolute atomic E-state index is 12.5. The van der Waals surface area contributed by atoms with Gasteiger partial charge in [0.1, 0.15) is 5.75 Å². The van der Waals surface area contributed by atoms with E-state index in [2.05, 4.69) is 5.43 Å². The van der Waals surface area contributed by atoms with Crippen molar-refractivity contribution in [2.24, 2.45) is 7.05 Å². The number of thiocarbonyl (C=S) groups is 1. The largest absolute Gasteiger partial charge is 0.507 e. The van der Waals surface area contributed by atoms with Gasteiger partial charge >= 0.3 is 0 Å². The summed E-state index contributed by atoms with van der Waals surface area (Å²) in [5, 5.41) is 10.7. The van der Waals surface area contributed by atoms with E-state index in [1.165, 1.54) is 12.1 Å². The SMILES string of the molecule is Cn1cccc1C=C1SC(=S)N(NC(=O)c2ccccc2O)C1=O. The van der Waals surface area contributed by atoms with E-state index < -0.39 is 11.8 Å². The first-order valence-corrected chi connectivity index (χ1v) is 8.18. The van der Waals surface area contributed by atoms with Gasteiger partial charge in [-0.15, -0.1) is 0 Å². The summed E-state index contributed by atoms with van der Waals surface area (Å²) in [5.41, 5.74) is 3.35. The standard InChI is InChI=1S/C16H13N3O3S2/c1-18-8-4-5-10(18)9-13-15(22)19(16(23)24-13)17-14(21)11-6-2-3-7-12(11)20/h2-9,20H,1H3,(H,17,21).